The average Bonchev–Trinajstić information content (AvgIpc) is 2.83. The molecule has 34 heavy (non-hydrogen) atoms. The Balaban J connectivity index is 1.71. The van der Waals surface area contributed by atoms with E-state index in [0.717, 1.165) is 60.0 Å². The maximum atomic E-state index is 13.5. The molecular weight excluding hydrogens is 492 g/mol. The van der Waals surface area contributed by atoms with Crippen LogP contribution in [0.25, 0.3) is 0 Å². The fourth-order valence-electron chi connectivity index (χ4n) is 5.89. The van der Waals surface area contributed by atoms with Crippen LogP contribution in [-0.2, 0) is 9.53 Å². The molecule has 0 spiro atoms. The van der Waals surface area contributed by atoms with Crippen molar-refractivity contribution in [1.29, 1.82) is 0 Å². The van der Waals surface area contributed by atoms with Crippen LogP contribution < -0.4 is 0 Å². The number of piperidine rings is 1. The summed E-state index contributed by atoms with van der Waals surface area (Å²) >= 11 is 3.50. The zero-order chi connectivity index (χ0) is 24.3. The predicted octanol–water partition coefficient (Wildman–Crippen LogP) is 6.08. The van der Waals surface area contributed by atoms with Crippen molar-refractivity contribution in [3.8, 4) is 0 Å². The van der Waals surface area contributed by atoms with Crippen LogP contribution in [0.4, 0.5) is 0 Å². The van der Waals surface area contributed by atoms with Gasteiger partial charge in [0.1, 0.15) is 0 Å². The van der Waals surface area contributed by atoms with Gasteiger partial charge in [-0.2, -0.15) is 0 Å². The largest absolute Gasteiger partial charge is 0.384 e. The number of hydrogen-bond acceptors (Lipinski definition) is 3. The minimum Gasteiger partial charge on any atom is -0.384 e. The quantitative estimate of drug-likeness (QED) is 0.477. The van der Waals surface area contributed by atoms with Crippen LogP contribution in [0.1, 0.15) is 62.2 Å². The molecule has 1 aliphatic carbocycles. The highest BCUT2D eigenvalue weighted by molar-refractivity contribution is 9.10. The highest BCUT2D eigenvalue weighted by atomic mass is 79.9. The molecule has 0 N–H and O–H groups in total. The minimum absolute atomic E-state index is 0.0604. The zero-order valence-corrected chi connectivity index (χ0v) is 21.9. The maximum Gasteiger partial charge on any atom is 0.253 e. The standard InChI is InChI=1S/C28H35BrN2O3/c1-4-28-14-8-15-30(27(33)22-10-7-11-23(29)17-22)16-13-21-9-5-6-12-25(21)31(26(32)18-28)20(2)24(28)19-34-3/h7,9-12,17,24H,2,4-6,8,13-16,18-19H2,1,3H3. The van der Waals surface area contributed by atoms with E-state index in [9.17, 15) is 9.59 Å². The van der Waals surface area contributed by atoms with Gasteiger partial charge in [0.25, 0.3) is 5.91 Å². The van der Waals surface area contributed by atoms with Crippen molar-refractivity contribution in [3.63, 3.8) is 0 Å². The number of amides is 2. The molecule has 3 saturated heterocycles. The molecule has 2 unspecified atom stereocenters. The summed E-state index contributed by atoms with van der Waals surface area (Å²) in [6, 6.07) is 7.62. The number of carbonyl (C=O) groups is 2. The Morgan fingerprint density at radius 1 is 1.26 bits per heavy atom. The highest BCUT2D eigenvalue weighted by Crippen LogP contribution is 2.50. The molecule has 1 aromatic rings. The molecule has 0 saturated carbocycles. The molecule has 3 heterocycles. The van der Waals surface area contributed by atoms with Crippen LogP contribution in [0, 0.1) is 11.3 Å². The third kappa shape index (κ3) is 4.80. The second kappa shape index (κ2) is 10.6. The number of carbonyl (C=O) groups excluding carboxylic acids is 2. The van der Waals surface area contributed by atoms with Crippen molar-refractivity contribution in [3.05, 3.63) is 70.0 Å². The number of fused-ring (bicyclic) bond motifs is 7. The van der Waals surface area contributed by atoms with Crippen LogP contribution in [0.15, 0.2) is 64.4 Å². The number of hydrogen-bond donors (Lipinski definition) is 0. The van der Waals surface area contributed by atoms with Gasteiger partial charge in [0.2, 0.25) is 5.91 Å². The number of nitrogens with zero attached hydrogens (tertiary/aromatic N) is 2. The number of methoxy groups -OCH3 is 1. The molecule has 0 aromatic heterocycles. The van der Waals surface area contributed by atoms with Gasteiger partial charge in [-0.15, -0.1) is 0 Å². The first-order chi connectivity index (χ1) is 16.4. The van der Waals surface area contributed by atoms with E-state index in [1.165, 1.54) is 0 Å². The summed E-state index contributed by atoms with van der Waals surface area (Å²) in [5, 5.41) is 0. The fraction of sp³-hybridized carbons (Fsp3) is 0.500. The first-order valence-electron chi connectivity index (χ1n) is 12.4. The van der Waals surface area contributed by atoms with E-state index in [2.05, 4.69) is 41.6 Å². The van der Waals surface area contributed by atoms with Gasteiger partial charge in [-0.1, -0.05) is 47.7 Å². The first-order valence-corrected chi connectivity index (χ1v) is 13.1. The molecule has 2 amide bonds. The molecule has 5 rings (SSSR count). The van der Waals surface area contributed by atoms with E-state index >= 15 is 0 Å². The Bertz CT molecular complexity index is 1030. The molecule has 2 atom stereocenters. The second-order valence-electron chi connectivity index (χ2n) is 9.67. The summed E-state index contributed by atoms with van der Waals surface area (Å²) in [6.45, 7) is 8.45. The predicted molar refractivity (Wildman–Crippen MR) is 138 cm³/mol. The molecule has 3 aliphatic heterocycles. The summed E-state index contributed by atoms with van der Waals surface area (Å²) < 4.78 is 6.56. The maximum absolute atomic E-state index is 13.5. The lowest BCUT2D eigenvalue weighted by Crippen LogP contribution is -2.50. The van der Waals surface area contributed by atoms with Crippen molar-refractivity contribution in [2.45, 2.75) is 51.9 Å². The van der Waals surface area contributed by atoms with Crippen molar-refractivity contribution >= 4 is 27.7 Å². The number of ether oxygens (including phenoxy) is 1. The Morgan fingerprint density at radius 3 is 2.79 bits per heavy atom. The van der Waals surface area contributed by atoms with Gasteiger partial charge in [-0.05, 0) is 67.7 Å². The number of halogens is 1. The Kier molecular flexibility index (Phi) is 7.78. The number of benzene rings is 1. The van der Waals surface area contributed by atoms with E-state index in [1.54, 1.807) is 7.11 Å². The summed E-state index contributed by atoms with van der Waals surface area (Å²) in [6.07, 6.45) is 10.1. The summed E-state index contributed by atoms with van der Waals surface area (Å²) in [7, 11) is 1.72. The average molecular weight is 528 g/mol. The molecular formula is C28H35BrN2O3. The topological polar surface area (TPSA) is 49.9 Å². The van der Waals surface area contributed by atoms with Gasteiger partial charge in [-0.3, -0.25) is 14.5 Å². The zero-order valence-electron chi connectivity index (χ0n) is 20.3. The smallest absolute Gasteiger partial charge is 0.253 e. The summed E-state index contributed by atoms with van der Waals surface area (Å²) in [5.41, 5.74) is 3.45. The summed E-state index contributed by atoms with van der Waals surface area (Å²) in [5.74, 6) is 0.268. The van der Waals surface area contributed by atoms with E-state index in [-0.39, 0.29) is 23.1 Å². The van der Waals surface area contributed by atoms with Gasteiger partial charge in [0, 0.05) is 54.0 Å². The molecule has 5 nitrogen and oxygen atoms in total. The minimum atomic E-state index is -0.205. The third-order valence-corrected chi connectivity index (χ3v) is 8.29. The van der Waals surface area contributed by atoms with Crippen LogP contribution >= 0.6 is 15.9 Å². The normalized spacial score (nSPS) is 25.8. The van der Waals surface area contributed by atoms with Crippen molar-refractivity contribution in [2.75, 3.05) is 26.8 Å². The molecule has 0 radical (unpaired) electrons. The van der Waals surface area contributed by atoms with Gasteiger partial charge in [-0.25, -0.2) is 0 Å². The van der Waals surface area contributed by atoms with E-state index < -0.39 is 0 Å². The molecule has 1 aromatic carbocycles. The van der Waals surface area contributed by atoms with Crippen molar-refractivity contribution < 1.29 is 14.3 Å². The van der Waals surface area contributed by atoms with Crippen molar-refractivity contribution in [1.82, 2.24) is 9.80 Å². The van der Waals surface area contributed by atoms with Crippen LogP contribution in [-0.4, -0.2) is 48.4 Å². The third-order valence-electron chi connectivity index (χ3n) is 7.80. The van der Waals surface area contributed by atoms with Crippen LogP contribution in [0.2, 0.25) is 0 Å². The van der Waals surface area contributed by atoms with Crippen LogP contribution in [0.5, 0.6) is 0 Å². The Hall–Kier alpha value is -2.18. The van der Waals surface area contributed by atoms with E-state index in [0.29, 0.717) is 31.7 Å². The van der Waals surface area contributed by atoms with Gasteiger partial charge in [0.15, 0.2) is 0 Å². The Morgan fingerprint density at radius 2 is 2.06 bits per heavy atom. The summed E-state index contributed by atoms with van der Waals surface area (Å²) in [4.78, 5) is 30.9. The fourth-order valence-corrected chi connectivity index (χ4v) is 6.29. The first kappa shape index (κ1) is 24.9. The molecule has 2 bridgehead atoms. The van der Waals surface area contributed by atoms with Gasteiger partial charge in [0.05, 0.1) is 6.61 Å². The lowest BCUT2D eigenvalue weighted by Gasteiger charge is -2.50. The Labute approximate surface area is 211 Å². The molecule has 182 valence electrons. The lowest BCUT2D eigenvalue weighted by atomic mass is 9.64. The molecule has 4 aliphatic rings. The molecule has 3 fully saturated rings. The SMILES string of the molecule is C=C1C(COC)C2(CC)CCCN(C(=O)c3cccc(Br)c3)CCC3=CCCC=C3N1C(=O)C2. The molecule has 6 heteroatoms. The highest BCUT2D eigenvalue weighted by Gasteiger charge is 2.48. The second-order valence-corrected chi connectivity index (χ2v) is 10.6. The van der Waals surface area contributed by atoms with E-state index in [1.807, 2.05) is 34.1 Å². The van der Waals surface area contributed by atoms with Crippen LogP contribution in [0.3, 0.4) is 0 Å². The van der Waals surface area contributed by atoms with Gasteiger partial charge >= 0.3 is 0 Å². The van der Waals surface area contributed by atoms with Crippen molar-refractivity contribution in [2.24, 2.45) is 11.3 Å². The number of allylic oxidation sites excluding steroid dienone is 3. The lowest BCUT2D eigenvalue weighted by molar-refractivity contribution is -0.137. The monoisotopic (exact) mass is 526 g/mol. The van der Waals surface area contributed by atoms with Gasteiger partial charge < -0.3 is 9.64 Å². The number of rotatable bonds is 4. The van der Waals surface area contributed by atoms with E-state index in [4.69, 9.17) is 4.74 Å².